The van der Waals surface area contributed by atoms with E-state index in [9.17, 15) is 19.8 Å². The Hall–Kier alpha value is -0.580. The van der Waals surface area contributed by atoms with Crippen LogP contribution in [-0.2, 0) is 9.59 Å². The smallest absolute Gasteiger partial charge is 0.0465 e. The Kier molecular flexibility index (Phi) is 2.53. The van der Waals surface area contributed by atoms with E-state index in [-0.39, 0.29) is 5.92 Å². The molecule has 3 aliphatic carbocycles. The van der Waals surface area contributed by atoms with Crippen LogP contribution in [0.4, 0.5) is 0 Å². The van der Waals surface area contributed by atoms with E-state index in [1.807, 2.05) is 0 Å². The molecule has 2 bridgehead atoms. The summed E-state index contributed by atoms with van der Waals surface area (Å²) in [5, 5.41) is 22.0. The Balaban J connectivity index is 2.37. The average Bonchev–Trinajstić information content (AvgIpc) is 2.16. The molecule has 3 rings (SSSR count). The Bertz CT molecular complexity index is 307. The maximum absolute atomic E-state index is 11.0. The fourth-order valence-corrected chi connectivity index (χ4v) is 4.00. The molecule has 84 valence electrons. The number of alkyl halides is 1. The molecule has 0 unspecified atom stereocenters. The molecule has 0 saturated heterocycles. The minimum Gasteiger partial charge on any atom is -0.550 e. The van der Waals surface area contributed by atoms with Crippen molar-refractivity contribution in [1.82, 2.24) is 0 Å². The molecular formula is C10H11BrO4-2. The Morgan fingerprint density at radius 2 is 1.67 bits per heavy atom. The van der Waals surface area contributed by atoms with Crippen molar-refractivity contribution in [3.63, 3.8) is 0 Å². The zero-order valence-electron chi connectivity index (χ0n) is 8.07. The van der Waals surface area contributed by atoms with Crippen molar-refractivity contribution in [2.45, 2.75) is 30.0 Å². The first-order chi connectivity index (χ1) is 6.96. The highest BCUT2D eigenvalue weighted by molar-refractivity contribution is 9.10. The van der Waals surface area contributed by atoms with Crippen LogP contribution in [0.5, 0.6) is 0 Å². The van der Waals surface area contributed by atoms with Crippen molar-refractivity contribution in [1.29, 1.82) is 0 Å². The molecule has 3 fully saturated rings. The molecule has 0 amide bonds. The second-order valence-corrected chi connectivity index (χ2v) is 6.09. The number of aliphatic carboxylic acids is 2. The quantitative estimate of drug-likeness (QED) is 0.609. The van der Waals surface area contributed by atoms with Crippen LogP contribution in [0.1, 0.15) is 25.7 Å². The van der Waals surface area contributed by atoms with Gasteiger partial charge in [-0.05, 0) is 31.6 Å². The highest BCUT2D eigenvalue weighted by Gasteiger charge is 2.52. The molecule has 0 aromatic rings. The lowest BCUT2D eigenvalue weighted by Crippen LogP contribution is -2.60. The highest BCUT2D eigenvalue weighted by atomic mass is 79.9. The van der Waals surface area contributed by atoms with E-state index in [2.05, 4.69) is 15.9 Å². The van der Waals surface area contributed by atoms with Crippen LogP contribution in [-0.4, -0.2) is 16.3 Å². The summed E-state index contributed by atoms with van der Waals surface area (Å²) in [6, 6.07) is 0. The van der Waals surface area contributed by atoms with Gasteiger partial charge >= 0.3 is 0 Å². The normalized spacial score (nSPS) is 43.9. The van der Waals surface area contributed by atoms with E-state index in [0.717, 1.165) is 12.8 Å². The molecule has 0 heterocycles. The van der Waals surface area contributed by atoms with E-state index in [4.69, 9.17) is 0 Å². The number of hydrogen-bond donors (Lipinski definition) is 0. The summed E-state index contributed by atoms with van der Waals surface area (Å²) >= 11 is 3.40. The van der Waals surface area contributed by atoms with Crippen molar-refractivity contribution in [3.05, 3.63) is 0 Å². The Morgan fingerprint density at radius 3 is 2.00 bits per heavy atom. The predicted molar refractivity (Wildman–Crippen MR) is 50.6 cm³/mol. The van der Waals surface area contributed by atoms with Crippen LogP contribution in [0, 0.1) is 17.8 Å². The number of halogens is 1. The van der Waals surface area contributed by atoms with Crippen LogP contribution in [0.15, 0.2) is 0 Å². The van der Waals surface area contributed by atoms with Gasteiger partial charge in [0.2, 0.25) is 0 Å². The van der Waals surface area contributed by atoms with Gasteiger partial charge in [-0.1, -0.05) is 15.9 Å². The molecule has 3 aliphatic rings. The first-order valence-electron chi connectivity index (χ1n) is 5.06. The monoisotopic (exact) mass is 274 g/mol. The Labute approximate surface area is 95.8 Å². The molecule has 0 N–H and O–H groups in total. The second-order valence-electron chi connectivity index (χ2n) is 4.51. The van der Waals surface area contributed by atoms with Crippen LogP contribution in [0.2, 0.25) is 0 Å². The minimum atomic E-state index is -1.27. The lowest BCUT2D eigenvalue weighted by Gasteiger charge is -2.54. The van der Waals surface area contributed by atoms with Gasteiger partial charge in [0.05, 0.1) is 0 Å². The van der Waals surface area contributed by atoms with Crippen LogP contribution < -0.4 is 10.2 Å². The van der Waals surface area contributed by atoms with Crippen LogP contribution in [0.3, 0.4) is 0 Å². The van der Waals surface area contributed by atoms with Crippen molar-refractivity contribution in [2.24, 2.45) is 17.8 Å². The lowest BCUT2D eigenvalue weighted by atomic mass is 9.58. The van der Waals surface area contributed by atoms with Crippen LogP contribution in [0.25, 0.3) is 0 Å². The molecule has 0 spiro atoms. The summed E-state index contributed by atoms with van der Waals surface area (Å²) in [7, 11) is 0. The SMILES string of the molecule is O=C([O-])[C@@H]1C2CCC(Br)(CC2)[C@@H]1C(=O)[O-]. The van der Waals surface area contributed by atoms with Crippen LogP contribution >= 0.6 is 15.9 Å². The molecule has 4 nitrogen and oxygen atoms in total. The number of rotatable bonds is 2. The number of carbonyl (C=O) groups excluding carboxylic acids is 2. The van der Waals surface area contributed by atoms with Gasteiger partial charge in [0.15, 0.2) is 0 Å². The molecule has 0 aromatic heterocycles. The number of carbonyl (C=O) groups is 2. The molecule has 15 heavy (non-hydrogen) atoms. The van der Waals surface area contributed by atoms with E-state index >= 15 is 0 Å². The maximum atomic E-state index is 11.0. The molecule has 3 saturated carbocycles. The van der Waals surface area contributed by atoms with E-state index in [1.54, 1.807) is 0 Å². The van der Waals surface area contributed by atoms with E-state index in [1.165, 1.54) is 0 Å². The third-order valence-corrected chi connectivity index (χ3v) is 5.10. The summed E-state index contributed by atoms with van der Waals surface area (Å²) < 4.78 is -0.592. The molecule has 2 atom stereocenters. The topological polar surface area (TPSA) is 80.3 Å². The van der Waals surface area contributed by atoms with Gasteiger partial charge in [0, 0.05) is 28.1 Å². The van der Waals surface area contributed by atoms with Gasteiger partial charge in [-0.15, -0.1) is 0 Å². The molecule has 0 aromatic carbocycles. The van der Waals surface area contributed by atoms with Crippen molar-refractivity contribution in [2.75, 3.05) is 0 Å². The Morgan fingerprint density at radius 1 is 1.13 bits per heavy atom. The van der Waals surface area contributed by atoms with E-state index < -0.39 is 28.1 Å². The zero-order chi connectivity index (χ0) is 11.2. The molecular weight excluding hydrogens is 264 g/mol. The van der Waals surface area contributed by atoms with Gasteiger partial charge in [-0.2, -0.15) is 0 Å². The van der Waals surface area contributed by atoms with Gasteiger partial charge in [0.1, 0.15) is 0 Å². The number of carboxylic acid groups (broad SMARTS) is 2. The molecule has 0 radical (unpaired) electrons. The van der Waals surface area contributed by atoms with Gasteiger partial charge in [-0.25, -0.2) is 0 Å². The first kappa shape index (κ1) is 10.9. The number of hydrogen-bond acceptors (Lipinski definition) is 4. The number of fused-ring (bicyclic) bond motifs is 3. The summed E-state index contributed by atoms with van der Waals surface area (Å²) in [6.07, 6.45) is 2.93. The molecule has 5 heteroatoms. The second kappa shape index (κ2) is 3.47. The summed E-state index contributed by atoms with van der Waals surface area (Å²) in [6.45, 7) is 0. The van der Waals surface area contributed by atoms with Gasteiger partial charge < -0.3 is 19.8 Å². The highest BCUT2D eigenvalue weighted by Crippen LogP contribution is 2.55. The first-order valence-corrected chi connectivity index (χ1v) is 5.85. The number of carboxylic acids is 2. The standard InChI is InChI=1S/C10H13BrO4/c11-10-3-1-5(2-4-10)6(8(12)13)7(10)9(14)15/h5-7H,1-4H2,(H,12,13)(H,14,15)/p-2/t5?,6-,7+,10?/m1/s1. The third-order valence-electron chi connectivity index (χ3n) is 3.81. The van der Waals surface area contributed by atoms with Crippen molar-refractivity contribution in [3.8, 4) is 0 Å². The zero-order valence-corrected chi connectivity index (χ0v) is 9.66. The minimum absolute atomic E-state index is 0.0580. The van der Waals surface area contributed by atoms with E-state index in [0.29, 0.717) is 12.8 Å². The largest absolute Gasteiger partial charge is 0.550 e. The van der Waals surface area contributed by atoms with Gasteiger partial charge in [-0.3, -0.25) is 0 Å². The average molecular weight is 275 g/mol. The summed E-state index contributed by atoms with van der Waals surface area (Å²) in [5.41, 5.74) is 0. The third kappa shape index (κ3) is 1.57. The summed E-state index contributed by atoms with van der Waals surface area (Å²) in [4.78, 5) is 22.0. The van der Waals surface area contributed by atoms with Gasteiger partial charge in [0.25, 0.3) is 0 Å². The fraction of sp³-hybridized carbons (Fsp3) is 0.800. The van der Waals surface area contributed by atoms with Crippen molar-refractivity contribution < 1.29 is 19.8 Å². The molecule has 0 aliphatic heterocycles. The predicted octanol–water partition coefficient (Wildman–Crippen LogP) is -0.944. The van der Waals surface area contributed by atoms with Crippen molar-refractivity contribution >= 4 is 27.9 Å². The fourth-order valence-electron chi connectivity index (χ4n) is 3.07. The summed E-state index contributed by atoms with van der Waals surface area (Å²) in [5.74, 6) is -4.42. The maximum Gasteiger partial charge on any atom is 0.0465 e. The lowest BCUT2D eigenvalue weighted by molar-refractivity contribution is -0.333.